The molecule has 25 heavy (non-hydrogen) atoms. The number of anilines is 1. The summed E-state index contributed by atoms with van der Waals surface area (Å²) in [5.74, 6) is 0.170. The molecular weight excluding hydrogens is 320 g/mol. The first-order valence-electron chi connectivity index (χ1n) is 8.40. The lowest BCUT2D eigenvalue weighted by Crippen LogP contribution is -2.36. The lowest BCUT2D eigenvalue weighted by Gasteiger charge is -2.13. The molecule has 0 atom stereocenters. The number of aryl methyl sites for hydroxylation is 1. The highest BCUT2D eigenvalue weighted by Crippen LogP contribution is 2.26. The summed E-state index contributed by atoms with van der Waals surface area (Å²) < 4.78 is 2.22. The van der Waals surface area contributed by atoms with Crippen molar-refractivity contribution < 1.29 is 14.4 Å². The summed E-state index contributed by atoms with van der Waals surface area (Å²) in [5, 5.41) is 2.73. The zero-order valence-electron chi connectivity index (χ0n) is 13.7. The predicted octanol–water partition coefficient (Wildman–Crippen LogP) is 1.58. The molecule has 3 heterocycles. The summed E-state index contributed by atoms with van der Waals surface area (Å²) in [6.45, 7) is 0.761. The number of amides is 3. The second-order valence-corrected chi connectivity index (χ2v) is 6.31. The van der Waals surface area contributed by atoms with Gasteiger partial charge >= 0.3 is 0 Å². The molecule has 1 aromatic carbocycles. The van der Waals surface area contributed by atoms with Gasteiger partial charge in [-0.25, -0.2) is 4.98 Å². The smallest absolute Gasteiger partial charge is 0.244 e. The predicted molar refractivity (Wildman–Crippen MR) is 90.6 cm³/mol. The third kappa shape index (κ3) is 2.93. The number of carbonyl (C=O) groups excluding carboxylic acids is 3. The largest absolute Gasteiger partial charge is 0.328 e. The van der Waals surface area contributed by atoms with Crippen LogP contribution in [0.25, 0.3) is 11.3 Å². The molecule has 4 rings (SSSR count). The molecule has 1 N–H and O–H groups in total. The summed E-state index contributed by atoms with van der Waals surface area (Å²) in [4.78, 5) is 40.6. The third-order valence-corrected chi connectivity index (χ3v) is 4.64. The molecule has 7 heteroatoms. The van der Waals surface area contributed by atoms with Crippen LogP contribution in [0.15, 0.2) is 30.5 Å². The molecule has 2 aliphatic heterocycles. The molecule has 0 saturated carbocycles. The van der Waals surface area contributed by atoms with E-state index in [1.807, 2.05) is 30.5 Å². The minimum absolute atomic E-state index is 0.191. The van der Waals surface area contributed by atoms with Crippen molar-refractivity contribution in [2.75, 3.05) is 11.9 Å². The van der Waals surface area contributed by atoms with Gasteiger partial charge in [0, 0.05) is 31.5 Å². The fraction of sp³-hybridized carbons (Fsp3) is 0.333. The molecule has 2 aromatic rings. The number of hydrogen-bond donors (Lipinski definition) is 1. The van der Waals surface area contributed by atoms with E-state index in [0.717, 1.165) is 41.4 Å². The second kappa shape index (κ2) is 6.16. The molecule has 128 valence electrons. The number of carbonyl (C=O) groups is 3. The molecule has 0 unspecified atom stereocenters. The highest BCUT2D eigenvalue weighted by Gasteiger charge is 2.30. The van der Waals surface area contributed by atoms with E-state index in [2.05, 4.69) is 14.9 Å². The van der Waals surface area contributed by atoms with Gasteiger partial charge in [-0.3, -0.25) is 19.3 Å². The standard InChI is InChI=1S/C18H18N4O3/c23-16(11-22-17(24)7-8-18(22)25)20-13-5-3-12(4-6-13)14-10-19-15-2-1-9-21(14)15/h3-6,10H,1-2,7-9,11H2,(H,20,23). The Balaban J connectivity index is 1.43. The summed E-state index contributed by atoms with van der Waals surface area (Å²) in [5.41, 5.74) is 2.76. The van der Waals surface area contributed by atoms with Crippen molar-refractivity contribution >= 4 is 23.4 Å². The van der Waals surface area contributed by atoms with Crippen LogP contribution in [0.4, 0.5) is 5.69 Å². The van der Waals surface area contributed by atoms with Gasteiger partial charge in [0.25, 0.3) is 0 Å². The molecule has 0 spiro atoms. The molecule has 7 nitrogen and oxygen atoms in total. The Morgan fingerprint density at radius 1 is 1.08 bits per heavy atom. The number of rotatable bonds is 4. The van der Waals surface area contributed by atoms with Crippen LogP contribution in [-0.4, -0.2) is 38.7 Å². The van der Waals surface area contributed by atoms with Crippen molar-refractivity contribution in [3.05, 3.63) is 36.3 Å². The number of likely N-dealkylation sites (tertiary alicyclic amines) is 1. The number of imide groups is 1. The molecule has 2 aliphatic rings. The summed E-state index contributed by atoms with van der Waals surface area (Å²) in [6.07, 6.45) is 4.40. The fourth-order valence-electron chi connectivity index (χ4n) is 3.36. The molecule has 1 saturated heterocycles. The first-order valence-corrected chi connectivity index (χ1v) is 8.40. The van der Waals surface area contributed by atoms with E-state index in [4.69, 9.17) is 0 Å². The number of fused-ring (bicyclic) bond motifs is 1. The van der Waals surface area contributed by atoms with E-state index >= 15 is 0 Å². The topological polar surface area (TPSA) is 84.3 Å². The van der Waals surface area contributed by atoms with Crippen molar-refractivity contribution in [2.24, 2.45) is 0 Å². The Morgan fingerprint density at radius 3 is 2.52 bits per heavy atom. The van der Waals surface area contributed by atoms with E-state index < -0.39 is 0 Å². The van der Waals surface area contributed by atoms with Crippen molar-refractivity contribution in [2.45, 2.75) is 32.2 Å². The highest BCUT2D eigenvalue weighted by atomic mass is 16.2. The average molecular weight is 338 g/mol. The molecular formula is C18H18N4O3. The van der Waals surface area contributed by atoms with Gasteiger partial charge < -0.3 is 9.88 Å². The first-order chi connectivity index (χ1) is 12.1. The fourth-order valence-corrected chi connectivity index (χ4v) is 3.36. The number of nitrogens with one attached hydrogen (secondary N) is 1. The van der Waals surface area contributed by atoms with E-state index in [0.29, 0.717) is 5.69 Å². The maximum atomic E-state index is 12.1. The van der Waals surface area contributed by atoms with Crippen LogP contribution in [-0.2, 0) is 27.3 Å². The normalized spacial score (nSPS) is 16.4. The SMILES string of the molecule is O=C(CN1C(=O)CCC1=O)Nc1ccc(-c2cnc3n2CCC3)cc1. The van der Waals surface area contributed by atoms with Crippen molar-refractivity contribution in [3.63, 3.8) is 0 Å². The average Bonchev–Trinajstić information content (AvgIpc) is 3.28. The van der Waals surface area contributed by atoms with Gasteiger partial charge in [-0.15, -0.1) is 0 Å². The van der Waals surface area contributed by atoms with Gasteiger partial charge in [-0.2, -0.15) is 0 Å². The molecule has 1 fully saturated rings. The van der Waals surface area contributed by atoms with E-state index in [9.17, 15) is 14.4 Å². The molecule has 0 bridgehead atoms. The number of hydrogen-bond acceptors (Lipinski definition) is 4. The lowest BCUT2D eigenvalue weighted by molar-refractivity contribution is -0.141. The van der Waals surface area contributed by atoms with Crippen LogP contribution >= 0.6 is 0 Å². The van der Waals surface area contributed by atoms with Crippen LogP contribution in [0.3, 0.4) is 0 Å². The Bertz CT molecular complexity index is 838. The zero-order valence-corrected chi connectivity index (χ0v) is 13.7. The van der Waals surface area contributed by atoms with Gasteiger partial charge in [0.15, 0.2) is 0 Å². The summed E-state index contributed by atoms with van der Waals surface area (Å²) in [6, 6.07) is 7.50. The molecule has 0 radical (unpaired) electrons. The Labute approximate surface area is 144 Å². The van der Waals surface area contributed by atoms with Crippen LogP contribution in [0.1, 0.15) is 25.1 Å². The van der Waals surface area contributed by atoms with Gasteiger partial charge in [0.1, 0.15) is 12.4 Å². The van der Waals surface area contributed by atoms with E-state index in [1.165, 1.54) is 0 Å². The summed E-state index contributed by atoms with van der Waals surface area (Å²) >= 11 is 0. The minimum atomic E-state index is -0.374. The molecule has 3 amide bonds. The maximum Gasteiger partial charge on any atom is 0.244 e. The molecule has 1 aromatic heterocycles. The quantitative estimate of drug-likeness (QED) is 0.858. The Kier molecular flexibility index (Phi) is 3.83. The monoisotopic (exact) mass is 338 g/mol. The van der Waals surface area contributed by atoms with Crippen LogP contribution in [0, 0.1) is 0 Å². The van der Waals surface area contributed by atoms with Crippen molar-refractivity contribution in [1.82, 2.24) is 14.5 Å². The third-order valence-electron chi connectivity index (χ3n) is 4.64. The van der Waals surface area contributed by atoms with Crippen LogP contribution in [0.2, 0.25) is 0 Å². The van der Waals surface area contributed by atoms with Crippen LogP contribution < -0.4 is 5.32 Å². The van der Waals surface area contributed by atoms with Crippen molar-refractivity contribution in [1.29, 1.82) is 0 Å². The summed E-state index contributed by atoms with van der Waals surface area (Å²) in [7, 11) is 0. The number of nitrogens with zero attached hydrogens (tertiary/aromatic N) is 3. The number of imidazole rings is 1. The number of benzene rings is 1. The van der Waals surface area contributed by atoms with Crippen LogP contribution in [0.5, 0.6) is 0 Å². The molecule has 0 aliphatic carbocycles. The van der Waals surface area contributed by atoms with Gasteiger partial charge in [-0.1, -0.05) is 12.1 Å². The highest BCUT2D eigenvalue weighted by molar-refractivity contribution is 6.06. The van der Waals surface area contributed by atoms with Gasteiger partial charge in [0.05, 0.1) is 11.9 Å². The van der Waals surface area contributed by atoms with Gasteiger partial charge in [0.2, 0.25) is 17.7 Å². The lowest BCUT2D eigenvalue weighted by atomic mass is 10.1. The van der Waals surface area contributed by atoms with E-state index in [1.54, 1.807) is 0 Å². The second-order valence-electron chi connectivity index (χ2n) is 6.31. The zero-order chi connectivity index (χ0) is 17.4. The Morgan fingerprint density at radius 2 is 1.80 bits per heavy atom. The number of aromatic nitrogens is 2. The first kappa shape index (κ1) is 15.6. The van der Waals surface area contributed by atoms with E-state index in [-0.39, 0.29) is 37.1 Å². The Hall–Kier alpha value is -2.96. The van der Waals surface area contributed by atoms with Gasteiger partial charge in [-0.05, 0) is 24.1 Å². The minimum Gasteiger partial charge on any atom is -0.328 e. The van der Waals surface area contributed by atoms with Crippen molar-refractivity contribution in [3.8, 4) is 11.3 Å². The maximum absolute atomic E-state index is 12.1.